The van der Waals surface area contributed by atoms with Crippen LogP contribution in [-0.2, 0) is 11.2 Å². The summed E-state index contributed by atoms with van der Waals surface area (Å²) in [7, 11) is 1.59. The Labute approximate surface area is 84.1 Å². The van der Waals surface area contributed by atoms with Crippen molar-refractivity contribution in [3.05, 3.63) is 23.9 Å². The maximum atomic E-state index is 10.3. The molecule has 1 heterocycles. The van der Waals surface area contributed by atoms with E-state index in [1.165, 1.54) is 0 Å². The summed E-state index contributed by atoms with van der Waals surface area (Å²) >= 11 is 0. The minimum Gasteiger partial charge on any atom is -0.481 e. The van der Waals surface area contributed by atoms with Gasteiger partial charge in [-0.15, -0.1) is 0 Å². The number of nitrogens with zero attached hydrogens (tertiary/aromatic N) is 1. The fourth-order valence-corrected chi connectivity index (χ4v) is 1.30. The summed E-state index contributed by atoms with van der Waals surface area (Å²) in [6.45, 7) is 2.05. The first kappa shape index (κ1) is 10.7. The van der Waals surface area contributed by atoms with Gasteiger partial charge in [-0.1, -0.05) is 13.0 Å². The number of methoxy groups -OCH3 is 1. The third kappa shape index (κ3) is 3.17. The molecule has 0 saturated heterocycles. The average Bonchev–Trinajstić information content (AvgIpc) is 2.19. The highest BCUT2D eigenvalue weighted by atomic mass is 16.5. The van der Waals surface area contributed by atoms with E-state index in [0.29, 0.717) is 18.2 Å². The SMILES string of the molecule is COc1ccc(CC(C)CC=O)cn1. The fraction of sp³-hybridized carbons (Fsp3) is 0.455. The van der Waals surface area contributed by atoms with E-state index in [1.807, 2.05) is 12.1 Å². The molecule has 0 aliphatic carbocycles. The second kappa shape index (κ2) is 5.37. The molecular weight excluding hydrogens is 178 g/mol. The molecule has 0 N–H and O–H groups in total. The first-order valence-corrected chi connectivity index (χ1v) is 4.68. The third-order valence-corrected chi connectivity index (χ3v) is 2.09. The normalized spacial score (nSPS) is 12.1. The summed E-state index contributed by atoms with van der Waals surface area (Å²) in [6.07, 6.45) is 4.24. The molecule has 0 spiro atoms. The van der Waals surface area contributed by atoms with Gasteiger partial charge >= 0.3 is 0 Å². The Bertz CT molecular complexity index is 282. The van der Waals surface area contributed by atoms with E-state index < -0.39 is 0 Å². The zero-order chi connectivity index (χ0) is 10.4. The lowest BCUT2D eigenvalue weighted by Crippen LogP contribution is -2.00. The average molecular weight is 193 g/mol. The Kier molecular flexibility index (Phi) is 4.11. The highest BCUT2D eigenvalue weighted by Gasteiger charge is 2.03. The van der Waals surface area contributed by atoms with Crippen LogP contribution in [0.5, 0.6) is 5.88 Å². The van der Waals surface area contributed by atoms with Gasteiger partial charge in [0.1, 0.15) is 6.29 Å². The molecule has 0 aliphatic rings. The Morgan fingerprint density at radius 1 is 1.57 bits per heavy atom. The Hall–Kier alpha value is -1.38. The van der Waals surface area contributed by atoms with Gasteiger partial charge in [-0.25, -0.2) is 4.98 Å². The summed E-state index contributed by atoms with van der Waals surface area (Å²) in [4.78, 5) is 14.4. The number of carbonyl (C=O) groups excluding carboxylic acids is 1. The van der Waals surface area contributed by atoms with Gasteiger partial charge in [0.15, 0.2) is 0 Å². The monoisotopic (exact) mass is 193 g/mol. The number of pyridine rings is 1. The van der Waals surface area contributed by atoms with Crippen LogP contribution in [0.3, 0.4) is 0 Å². The van der Waals surface area contributed by atoms with Crippen molar-refractivity contribution in [2.75, 3.05) is 7.11 Å². The zero-order valence-corrected chi connectivity index (χ0v) is 8.56. The molecule has 1 aromatic rings. The van der Waals surface area contributed by atoms with Crippen molar-refractivity contribution in [1.29, 1.82) is 0 Å². The minimum atomic E-state index is 0.377. The molecule has 0 fully saturated rings. The van der Waals surface area contributed by atoms with Gasteiger partial charge in [0.25, 0.3) is 0 Å². The van der Waals surface area contributed by atoms with E-state index in [9.17, 15) is 4.79 Å². The predicted octanol–water partition coefficient (Wildman–Crippen LogP) is 1.86. The number of carbonyl (C=O) groups is 1. The van der Waals surface area contributed by atoms with Gasteiger partial charge in [0, 0.05) is 18.7 Å². The quantitative estimate of drug-likeness (QED) is 0.670. The highest BCUT2D eigenvalue weighted by molar-refractivity contribution is 5.49. The van der Waals surface area contributed by atoms with Gasteiger partial charge in [0.2, 0.25) is 5.88 Å². The van der Waals surface area contributed by atoms with Crippen molar-refractivity contribution in [3.63, 3.8) is 0 Å². The van der Waals surface area contributed by atoms with Gasteiger partial charge in [-0.05, 0) is 17.9 Å². The largest absolute Gasteiger partial charge is 0.481 e. The third-order valence-electron chi connectivity index (χ3n) is 2.09. The van der Waals surface area contributed by atoms with Crippen molar-refractivity contribution >= 4 is 6.29 Å². The molecular formula is C11H15NO2. The summed E-state index contributed by atoms with van der Waals surface area (Å²) in [5.74, 6) is 1.000. The Balaban J connectivity index is 2.54. The minimum absolute atomic E-state index is 0.377. The van der Waals surface area contributed by atoms with Crippen LogP contribution < -0.4 is 4.74 Å². The Morgan fingerprint density at radius 3 is 2.86 bits per heavy atom. The van der Waals surface area contributed by atoms with Crippen LogP contribution in [-0.4, -0.2) is 18.4 Å². The van der Waals surface area contributed by atoms with Crippen molar-refractivity contribution in [2.45, 2.75) is 19.8 Å². The predicted molar refractivity (Wildman–Crippen MR) is 54.3 cm³/mol. The van der Waals surface area contributed by atoms with Gasteiger partial charge in [-0.2, -0.15) is 0 Å². The lowest BCUT2D eigenvalue weighted by molar-refractivity contribution is -0.108. The van der Waals surface area contributed by atoms with Crippen LogP contribution >= 0.6 is 0 Å². The second-order valence-corrected chi connectivity index (χ2v) is 3.42. The summed E-state index contributed by atoms with van der Waals surface area (Å²) in [6, 6.07) is 3.82. The number of ether oxygens (including phenoxy) is 1. The molecule has 3 heteroatoms. The number of rotatable bonds is 5. The van der Waals surface area contributed by atoms with Crippen molar-refractivity contribution in [3.8, 4) is 5.88 Å². The molecule has 3 nitrogen and oxygen atoms in total. The summed E-state index contributed by atoms with van der Waals surface area (Å²) in [5.41, 5.74) is 1.14. The molecule has 0 aromatic carbocycles. The maximum Gasteiger partial charge on any atom is 0.212 e. The molecule has 1 unspecified atom stereocenters. The molecule has 76 valence electrons. The van der Waals surface area contributed by atoms with Crippen molar-refractivity contribution < 1.29 is 9.53 Å². The summed E-state index contributed by atoms with van der Waals surface area (Å²) < 4.78 is 4.95. The first-order chi connectivity index (χ1) is 6.76. The number of aromatic nitrogens is 1. The first-order valence-electron chi connectivity index (χ1n) is 4.68. The topological polar surface area (TPSA) is 39.2 Å². The fourth-order valence-electron chi connectivity index (χ4n) is 1.30. The van der Waals surface area contributed by atoms with Gasteiger partial charge in [-0.3, -0.25) is 0 Å². The maximum absolute atomic E-state index is 10.3. The highest BCUT2D eigenvalue weighted by Crippen LogP contribution is 2.12. The van der Waals surface area contributed by atoms with Crippen molar-refractivity contribution in [2.24, 2.45) is 5.92 Å². The van der Waals surface area contributed by atoms with E-state index in [1.54, 1.807) is 13.3 Å². The van der Waals surface area contributed by atoms with Crippen LogP contribution in [0.2, 0.25) is 0 Å². The molecule has 0 radical (unpaired) electrons. The number of aldehydes is 1. The molecule has 0 bridgehead atoms. The van der Waals surface area contributed by atoms with Gasteiger partial charge in [0.05, 0.1) is 7.11 Å². The number of hydrogen-bond donors (Lipinski definition) is 0. The number of hydrogen-bond acceptors (Lipinski definition) is 3. The molecule has 1 rings (SSSR count). The van der Waals surface area contributed by atoms with E-state index in [4.69, 9.17) is 4.74 Å². The smallest absolute Gasteiger partial charge is 0.212 e. The van der Waals surface area contributed by atoms with Crippen LogP contribution in [0, 0.1) is 5.92 Å². The zero-order valence-electron chi connectivity index (χ0n) is 8.56. The molecule has 1 aromatic heterocycles. The van der Waals surface area contributed by atoms with Gasteiger partial charge < -0.3 is 9.53 Å². The lowest BCUT2D eigenvalue weighted by atomic mass is 10.0. The standard InChI is InChI=1S/C11H15NO2/c1-9(5-6-13)7-10-3-4-11(14-2)12-8-10/h3-4,6,8-9H,5,7H2,1-2H3. The molecule has 0 amide bonds. The van der Waals surface area contributed by atoms with Crippen LogP contribution in [0.1, 0.15) is 18.9 Å². The van der Waals surface area contributed by atoms with E-state index in [2.05, 4.69) is 11.9 Å². The molecule has 14 heavy (non-hydrogen) atoms. The second-order valence-electron chi connectivity index (χ2n) is 3.42. The molecule has 0 saturated carbocycles. The molecule has 0 aliphatic heterocycles. The summed E-state index contributed by atoms with van der Waals surface area (Å²) in [5, 5.41) is 0. The lowest BCUT2D eigenvalue weighted by Gasteiger charge is -2.07. The molecule has 1 atom stereocenters. The van der Waals surface area contributed by atoms with Crippen LogP contribution in [0.25, 0.3) is 0 Å². The van der Waals surface area contributed by atoms with E-state index >= 15 is 0 Å². The van der Waals surface area contributed by atoms with Crippen LogP contribution in [0.4, 0.5) is 0 Å². The van der Waals surface area contributed by atoms with E-state index in [0.717, 1.165) is 18.3 Å². The van der Waals surface area contributed by atoms with E-state index in [-0.39, 0.29) is 0 Å². The Morgan fingerprint density at radius 2 is 2.36 bits per heavy atom. The van der Waals surface area contributed by atoms with Crippen molar-refractivity contribution in [1.82, 2.24) is 4.98 Å². The van der Waals surface area contributed by atoms with Crippen LogP contribution in [0.15, 0.2) is 18.3 Å².